The van der Waals surface area contributed by atoms with Crippen molar-refractivity contribution in [3.05, 3.63) is 149 Å². The third kappa shape index (κ3) is 5.18. The summed E-state index contributed by atoms with van der Waals surface area (Å²) in [6.45, 7) is 21.8. The van der Waals surface area contributed by atoms with Crippen LogP contribution in [0.5, 0.6) is 0 Å². The molecule has 0 bridgehead atoms. The SMILES string of the molecule is [C-]#[N+]c1c(-n2c3ccccc3c3cc(C(C)(C)C)ccc32)ccc(-c2ccccc2C(F)(F)F)c1-n1c2ccccc2c2cc(C(C)(C)C)ccc21. The molecule has 0 radical (unpaired) electrons. The Balaban J connectivity index is 1.56. The van der Waals surface area contributed by atoms with E-state index >= 15 is 0 Å². The second kappa shape index (κ2) is 11.6. The van der Waals surface area contributed by atoms with Crippen LogP contribution in [0, 0.1) is 6.57 Å². The van der Waals surface area contributed by atoms with E-state index in [9.17, 15) is 13.2 Å². The molecule has 0 aliphatic rings. The van der Waals surface area contributed by atoms with E-state index in [1.54, 1.807) is 12.1 Å². The first kappa shape index (κ1) is 33.3. The summed E-state index contributed by atoms with van der Waals surface area (Å²) in [7, 11) is 0. The molecule has 2 aromatic heterocycles. The Morgan fingerprint density at radius 3 is 1.52 bits per heavy atom. The van der Waals surface area contributed by atoms with Crippen LogP contribution in [0.15, 0.2) is 121 Å². The zero-order valence-electron chi connectivity index (χ0n) is 30.0. The van der Waals surface area contributed by atoms with E-state index in [2.05, 4.69) is 87.4 Å². The number of benzene rings is 6. The second-order valence-corrected chi connectivity index (χ2v) is 15.7. The molecule has 0 amide bonds. The number of halogens is 3. The predicted molar refractivity (Wildman–Crippen MR) is 209 cm³/mol. The lowest BCUT2D eigenvalue weighted by Crippen LogP contribution is -2.11. The maximum Gasteiger partial charge on any atom is 0.417 e. The zero-order chi connectivity index (χ0) is 36.7. The molecule has 0 saturated heterocycles. The van der Waals surface area contributed by atoms with Crippen molar-refractivity contribution in [1.82, 2.24) is 9.13 Å². The monoisotopic (exact) mass is 689 g/mol. The molecule has 6 aromatic carbocycles. The van der Waals surface area contributed by atoms with Gasteiger partial charge in [-0.2, -0.15) is 13.2 Å². The fourth-order valence-corrected chi connectivity index (χ4v) is 7.65. The summed E-state index contributed by atoms with van der Waals surface area (Å²) >= 11 is 0. The van der Waals surface area contributed by atoms with Crippen molar-refractivity contribution in [1.29, 1.82) is 0 Å². The first-order valence-corrected chi connectivity index (χ1v) is 17.5. The Morgan fingerprint density at radius 1 is 0.500 bits per heavy atom. The van der Waals surface area contributed by atoms with Gasteiger partial charge in [0.05, 0.1) is 45.6 Å². The van der Waals surface area contributed by atoms with Gasteiger partial charge >= 0.3 is 6.18 Å². The fraction of sp³-hybridized carbons (Fsp3) is 0.196. The molecule has 0 atom stereocenters. The molecule has 52 heavy (non-hydrogen) atoms. The van der Waals surface area contributed by atoms with Crippen molar-refractivity contribution >= 4 is 49.3 Å². The molecule has 258 valence electrons. The highest BCUT2D eigenvalue weighted by atomic mass is 19.4. The number of alkyl halides is 3. The van der Waals surface area contributed by atoms with Gasteiger partial charge in [-0.25, -0.2) is 4.85 Å². The van der Waals surface area contributed by atoms with E-state index < -0.39 is 11.7 Å². The van der Waals surface area contributed by atoms with Crippen LogP contribution in [0.3, 0.4) is 0 Å². The van der Waals surface area contributed by atoms with E-state index in [1.807, 2.05) is 59.2 Å². The highest BCUT2D eigenvalue weighted by Gasteiger charge is 2.35. The summed E-state index contributed by atoms with van der Waals surface area (Å²) in [5.74, 6) is 0. The molecule has 0 aliphatic heterocycles. The Morgan fingerprint density at radius 2 is 0.981 bits per heavy atom. The highest BCUT2D eigenvalue weighted by Crippen LogP contribution is 2.48. The molecule has 3 nitrogen and oxygen atoms in total. The number of aromatic nitrogens is 2. The summed E-state index contributed by atoms with van der Waals surface area (Å²) < 4.78 is 48.3. The average molecular weight is 690 g/mol. The first-order valence-electron chi connectivity index (χ1n) is 17.5. The summed E-state index contributed by atoms with van der Waals surface area (Å²) in [6, 6.07) is 38.1. The van der Waals surface area contributed by atoms with Gasteiger partial charge in [-0.3, -0.25) is 0 Å². The number of hydrogen-bond acceptors (Lipinski definition) is 0. The molecular formula is C46H38F3N3. The predicted octanol–water partition coefficient (Wildman–Crippen LogP) is 13.7. The Labute approximate surface area is 301 Å². The zero-order valence-corrected chi connectivity index (χ0v) is 30.0. The van der Waals surface area contributed by atoms with Crippen LogP contribution < -0.4 is 0 Å². The molecular weight excluding hydrogens is 652 g/mol. The van der Waals surface area contributed by atoms with Crippen LogP contribution in [-0.2, 0) is 17.0 Å². The lowest BCUT2D eigenvalue weighted by Gasteiger charge is -2.22. The molecule has 0 saturated carbocycles. The molecule has 8 aromatic rings. The molecule has 8 rings (SSSR count). The molecule has 0 unspecified atom stereocenters. The van der Waals surface area contributed by atoms with Crippen molar-refractivity contribution in [2.75, 3.05) is 0 Å². The minimum atomic E-state index is -4.61. The second-order valence-electron chi connectivity index (χ2n) is 15.7. The van der Waals surface area contributed by atoms with E-state index in [1.165, 1.54) is 17.7 Å². The summed E-state index contributed by atoms with van der Waals surface area (Å²) in [6.07, 6.45) is -4.61. The minimum absolute atomic E-state index is 0.0238. The largest absolute Gasteiger partial charge is 0.417 e. The Hall–Kier alpha value is -5.80. The van der Waals surface area contributed by atoms with E-state index in [0.29, 0.717) is 16.9 Å². The standard InChI is InChI=1S/C46H38F3N3/c1-44(2,3)28-20-23-39-34(26-28)31-15-9-12-18-37(31)51(39)41-25-22-33(30-14-8-11-17-36(30)46(47,48)49)43(42(41)50-7)52-38-19-13-10-16-32(38)35-27-29(45(4,5)6)21-24-40(35)52/h8-27H,1-6H3. The third-order valence-corrected chi connectivity index (χ3v) is 10.3. The number of nitrogens with zero attached hydrogens (tertiary/aromatic N) is 3. The van der Waals surface area contributed by atoms with Crippen LogP contribution in [0.25, 0.3) is 71.0 Å². The third-order valence-electron chi connectivity index (χ3n) is 10.3. The highest BCUT2D eigenvalue weighted by molar-refractivity contribution is 6.13. The molecule has 0 spiro atoms. The summed E-state index contributed by atoms with van der Waals surface area (Å²) in [4.78, 5) is 4.23. The van der Waals surface area contributed by atoms with Gasteiger partial charge in [-0.05, 0) is 81.6 Å². The van der Waals surface area contributed by atoms with Crippen molar-refractivity contribution in [3.8, 4) is 22.5 Å². The van der Waals surface area contributed by atoms with Gasteiger partial charge in [0, 0.05) is 21.5 Å². The van der Waals surface area contributed by atoms with Gasteiger partial charge in [0.2, 0.25) is 5.69 Å². The lowest BCUT2D eigenvalue weighted by molar-refractivity contribution is -0.137. The lowest BCUT2D eigenvalue weighted by atomic mass is 9.86. The summed E-state index contributed by atoms with van der Waals surface area (Å²) in [5, 5.41) is 4.04. The number of para-hydroxylation sites is 2. The Kier molecular flexibility index (Phi) is 7.45. The summed E-state index contributed by atoms with van der Waals surface area (Å²) in [5.41, 5.74) is 6.48. The average Bonchev–Trinajstić information content (AvgIpc) is 3.62. The van der Waals surface area contributed by atoms with E-state index in [4.69, 9.17) is 6.57 Å². The fourth-order valence-electron chi connectivity index (χ4n) is 7.65. The van der Waals surface area contributed by atoms with E-state index in [-0.39, 0.29) is 22.1 Å². The Bertz CT molecular complexity index is 2760. The normalized spacial score (nSPS) is 12.7. The van der Waals surface area contributed by atoms with E-state index in [0.717, 1.165) is 55.2 Å². The molecule has 0 aliphatic carbocycles. The van der Waals surface area contributed by atoms with Crippen LogP contribution in [-0.4, -0.2) is 9.13 Å². The van der Waals surface area contributed by atoms with Gasteiger partial charge < -0.3 is 9.13 Å². The van der Waals surface area contributed by atoms with Crippen LogP contribution >= 0.6 is 0 Å². The molecule has 0 fully saturated rings. The van der Waals surface area contributed by atoms with Crippen molar-refractivity contribution < 1.29 is 13.2 Å². The van der Waals surface area contributed by atoms with Crippen molar-refractivity contribution in [2.45, 2.75) is 58.5 Å². The first-order chi connectivity index (χ1) is 24.7. The maximum absolute atomic E-state index is 14.7. The number of hydrogen-bond donors (Lipinski definition) is 0. The van der Waals surface area contributed by atoms with Crippen LogP contribution in [0.2, 0.25) is 0 Å². The topological polar surface area (TPSA) is 14.2 Å². The van der Waals surface area contributed by atoms with Gasteiger partial charge in [0.15, 0.2) is 0 Å². The molecule has 0 N–H and O–H groups in total. The van der Waals surface area contributed by atoms with Gasteiger partial charge in [-0.1, -0.05) is 114 Å². The van der Waals surface area contributed by atoms with Crippen molar-refractivity contribution in [3.63, 3.8) is 0 Å². The van der Waals surface area contributed by atoms with Gasteiger partial charge in [0.25, 0.3) is 0 Å². The smallest absolute Gasteiger partial charge is 0.319 e. The molecule has 6 heteroatoms. The van der Waals surface area contributed by atoms with Crippen LogP contribution in [0.4, 0.5) is 18.9 Å². The van der Waals surface area contributed by atoms with Gasteiger partial charge in [0.1, 0.15) is 0 Å². The maximum atomic E-state index is 14.7. The molecule has 2 heterocycles. The van der Waals surface area contributed by atoms with Gasteiger partial charge in [-0.15, -0.1) is 0 Å². The van der Waals surface area contributed by atoms with Crippen molar-refractivity contribution in [2.24, 2.45) is 0 Å². The van der Waals surface area contributed by atoms with Crippen LogP contribution in [0.1, 0.15) is 58.2 Å². The number of rotatable bonds is 3. The number of fused-ring (bicyclic) bond motifs is 6. The quantitative estimate of drug-likeness (QED) is 0.164. The minimum Gasteiger partial charge on any atom is -0.319 e.